The van der Waals surface area contributed by atoms with Gasteiger partial charge in [0.25, 0.3) is 5.89 Å². The van der Waals surface area contributed by atoms with Crippen LogP contribution >= 0.6 is 23.2 Å². The lowest BCUT2D eigenvalue weighted by Crippen LogP contribution is -2.18. The first-order valence-electron chi connectivity index (χ1n) is 8.39. The summed E-state index contributed by atoms with van der Waals surface area (Å²) in [5.41, 5.74) is 2.07. The van der Waals surface area contributed by atoms with Crippen molar-refractivity contribution in [1.82, 2.24) is 14.7 Å². The third kappa shape index (κ3) is 4.08. The summed E-state index contributed by atoms with van der Waals surface area (Å²) in [6, 6.07) is 17.8. The Kier molecular flexibility index (Phi) is 5.14. The van der Waals surface area contributed by atoms with Gasteiger partial charge in [-0.15, -0.1) is 0 Å². The first-order chi connectivity index (χ1) is 13.6. The number of benzene rings is 2. The van der Waals surface area contributed by atoms with Crippen LogP contribution in [0.2, 0.25) is 10.0 Å². The fraction of sp³-hybridized carbons (Fsp3) is 0.0500. The van der Waals surface area contributed by atoms with E-state index in [2.05, 4.69) is 15.5 Å². The molecule has 0 aliphatic rings. The fourth-order valence-electron chi connectivity index (χ4n) is 2.71. The Morgan fingerprint density at radius 1 is 1.04 bits per heavy atom. The Morgan fingerprint density at radius 3 is 2.64 bits per heavy atom. The molecule has 4 aromatic rings. The Balaban J connectivity index is 1.51. The van der Waals surface area contributed by atoms with Gasteiger partial charge >= 0.3 is 0 Å². The zero-order valence-corrected chi connectivity index (χ0v) is 16.0. The van der Waals surface area contributed by atoms with E-state index in [1.807, 2.05) is 24.3 Å². The van der Waals surface area contributed by atoms with E-state index in [1.54, 1.807) is 47.2 Å². The maximum absolute atomic E-state index is 12.4. The molecule has 8 heteroatoms. The van der Waals surface area contributed by atoms with Gasteiger partial charge in [-0.2, -0.15) is 4.98 Å². The molecule has 28 heavy (non-hydrogen) atoms. The van der Waals surface area contributed by atoms with Crippen LogP contribution in [-0.4, -0.2) is 20.6 Å². The minimum Gasteiger partial charge on any atom is -0.334 e. The summed E-state index contributed by atoms with van der Waals surface area (Å²) < 4.78 is 7.12. The van der Waals surface area contributed by atoms with Gasteiger partial charge < -0.3 is 14.4 Å². The van der Waals surface area contributed by atoms with Crippen LogP contribution in [0.5, 0.6) is 0 Å². The molecular weight excluding hydrogens is 399 g/mol. The van der Waals surface area contributed by atoms with Crippen LogP contribution in [-0.2, 0) is 11.3 Å². The predicted octanol–water partition coefficient (Wildman–Crippen LogP) is 5.15. The average molecular weight is 413 g/mol. The summed E-state index contributed by atoms with van der Waals surface area (Å²) in [6.45, 7) is 0.0908. The molecule has 0 unspecified atom stereocenters. The quantitative estimate of drug-likeness (QED) is 0.491. The molecule has 0 saturated heterocycles. The maximum Gasteiger partial charge on any atom is 0.274 e. The second kappa shape index (κ2) is 7.88. The van der Waals surface area contributed by atoms with Gasteiger partial charge in [0, 0.05) is 27.5 Å². The average Bonchev–Trinajstić information content (AvgIpc) is 3.31. The van der Waals surface area contributed by atoms with Gasteiger partial charge in [-0.25, -0.2) is 0 Å². The van der Waals surface area contributed by atoms with Crippen LogP contribution in [0.4, 0.5) is 5.69 Å². The highest BCUT2D eigenvalue weighted by Crippen LogP contribution is 2.24. The lowest BCUT2D eigenvalue weighted by atomic mass is 10.2. The molecule has 2 aromatic carbocycles. The molecule has 4 rings (SSSR count). The molecule has 0 fully saturated rings. The van der Waals surface area contributed by atoms with E-state index in [1.165, 1.54) is 0 Å². The molecule has 0 aliphatic heterocycles. The molecule has 0 spiro atoms. The van der Waals surface area contributed by atoms with Crippen LogP contribution in [0, 0.1) is 0 Å². The van der Waals surface area contributed by atoms with Crippen LogP contribution in [0.1, 0.15) is 0 Å². The normalized spacial score (nSPS) is 10.8. The molecule has 0 radical (unpaired) electrons. The van der Waals surface area contributed by atoms with Crippen molar-refractivity contribution in [3.05, 3.63) is 76.9 Å². The predicted molar refractivity (Wildman–Crippen MR) is 108 cm³/mol. The van der Waals surface area contributed by atoms with Gasteiger partial charge in [-0.1, -0.05) is 34.4 Å². The largest absolute Gasteiger partial charge is 0.334 e. The number of hydrogen-bond donors (Lipinski definition) is 1. The lowest BCUT2D eigenvalue weighted by Gasteiger charge is -2.08. The number of amides is 1. The van der Waals surface area contributed by atoms with E-state index in [4.69, 9.17) is 27.7 Å². The number of carbonyl (C=O) groups excluding carboxylic acids is 1. The monoisotopic (exact) mass is 412 g/mol. The van der Waals surface area contributed by atoms with Crippen LogP contribution in [0.3, 0.4) is 0 Å². The van der Waals surface area contributed by atoms with Crippen molar-refractivity contribution in [2.75, 3.05) is 5.32 Å². The van der Waals surface area contributed by atoms with Crippen LogP contribution in [0.25, 0.3) is 23.0 Å². The van der Waals surface area contributed by atoms with E-state index in [0.29, 0.717) is 33.1 Å². The van der Waals surface area contributed by atoms with Crippen molar-refractivity contribution < 1.29 is 9.32 Å². The summed E-state index contributed by atoms with van der Waals surface area (Å²) in [4.78, 5) is 16.8. The maximum atomic E-state index is 12.4. The van der Waals surface area contributed by atoms with E-state index >= 15 is 0 Å². The highest BCUT2D eigenvalue weighted by Gasteiger charge is 2.15. The summed E-state index contributed by atoms with van der Waals surface area (Å²) in [5.74, 6) is 0.574. The molecule has 2 aromatic heterocycles. The Labute approximate surface area is 170 Å². The number of anilines is 1. The second-order valence-corrected chi connectivity index (χ2v) is 6.88. The third-order valence-electron chi connectivity index (χ3n) is 4.00. The molecule has 2 heterocycles. The number of carbonyl (C=O) groups is 1. The van der Waals surface area contributed by atoms with E-state index < -0.39 is 0 Å². The van der Waals surface area contributed by atoms with Crippen molar-refractivity contribution in [3.63, 3.8) is 0 Å². The SMILES string of the molecule is O=C(Cn1cccc1-c1nc(-c2ccc(Cl)cc2)no1)Nc1cccc(Cl)c1. The molecular formula is C20H14Cl2N4O2. The van der Waals surface area contributed by atoms with Crippen molar-refractivity contribution >= 4 is 34.8 Å². The van der Waals surface area contributed by atoms with E-state index in [9.17, 15) is 4.79 Å². The topological polar surface area (TPSA) is 73.0 Å². The minimum atomic E-state index is -0.197. The molecule has 1 N–H and O–H groups in total. The Hall–Kier alpha value is -3.09. The third-order valence-corrected chi connectivity index (χ3v) is 4.49. The Morgan fingerprint density at radius 2 is 1.86 bits per heavy atom. The van der Waals surface area contributed by atoms with E-state index in [-0.39, 0.29) is 12.5 Å². The molecule has 0 atom stereocenters. The molecule has 0 saturated carbocycles. The summed E-state index contributed by atoms with van der Waals surface area (Å²) >= 11 is 11.9. The van der Waals surface area contributed by atoms with Gasteiger partial charge in [0.05, 0.1) is 0 Å². The molecule has 6 nitrogen and oxygen atoms in total. The van der Waals surface area contributed by atoms with Crippen molar-refractivity contribution in [3.8, 4) is 23.0 Å². The van der Waals surface area contributed by atoms with E-state index in [0.717, 1.165) is 5.56 Å². The molecule has 1 amide bonds. The Bertz CT molecular complexity index is 1120. The second-order valence-electron chi connectivity index (χ2n) is 6.01. The van der Waals surface area contributed by atoms with Crippen molar-refractivity contribution in [2.45, 2.75) is 6.54 Å². The summed E-state index contributed by atoms with van der Waals surface area (Å²) in [5, 5.41) is 8.01. The fourth-order valence-corrected chi connectivity index (χ4v) is 3.03. The molecule has 140 valence electrons. The van der Waals surface area contributed by atoms with Crippen molar-refractivity contribution in [1.29, 1.82) is 0 Å². The lowest BCUT2D eigenvalue weighted by molar-refractivity contribution is -0.116. The molecule has 0 aliphatic carbocycles. The first-order valence-corrected chi connectivity index (χ1v) is 9.15. The minimum absolute atomic E-state index is 0.0908. The van der Waals surface area contributed by atoms with Crippen LogP contribution < -0.4 is 5.32 Å². The number of nitrogens with one attached hydrogen (secondary N) is 1. The zero-order valence-electron chi connectivity index (χ0n) is 14.5. The smallest absolute Gasteiger partial charge is 0.274 e. The van der Waals surface area contributed by atoms with Gasteiger partial charge in [-0.3, -0.25) is 4.79 Å². The number of rotatable bonds is 5. The van der Waals surface area contributed by atoms with Gasteiger partial charge in [0.1, 0.15) is 12.2 Å². The zero-order chi connectivity index (χ0) is 19.5. The van der Waals surface area contributed by atoms with Gasteiger partial charge in [0.2, 0.25) is 11.7 Å². The summed E-state index contributed by atoms with van der Waals surface area (Å²) in [6.07, 6.45) is 1.78. The highest BCUT2D eigenvalue weighted by atomic mass is 35.5. The van der Waals surface area contributed by atoms with Gasteiger partial charge in [0.15, 0.2) is 0 Å². The number of nitrogens with zero attached hydrogens (tertiary/aromatic N) is 3. The number of aromatic nitrogens is 3. The molecule has 0 bridgehead atoms. The number of halogens is 2. The van der Waals surface area contributed by atoms with Crippen LogP contribution in [0.15, 0.2) is 71.4 Å². The first kappa shape index (κ1) is 18.3. The highest BCUT2D eigenvalue weighted by molar-refractivity contribution is 6.31. The summed E-state index contributed by atoms with van der Waals surface area (Å²) in [7, 11) is 0. The van der Waals surface area contributed by atoms with Crippen molar-refractivity contribution in [2.24, 2.45) is 0 Å². The standard InChI is InChI=1S/C20H14Cl2N4O2/c21-14-8-6-13(7-9-14)19-24-20(28-25-19)17-5-2-10-26(17)12-18(27)23-16-4-1-3-15(22)11-16/h1-11H,12H2,(H,23,27). The number of hydrogen-bond acceptors (Lipinski definition) is 4. The van der Waals surface area contributed by atoms with Gasteiger partial charge in [-0.05, 0) is 54.6 Å².